The Morgan fingerprint density at radius 1 is 0.771 bits per heavy atom. The third-order valence-corrected chi connectivity index (χ3v) is 8.62. The quantitative estimate of drug-likeness (QED) is 0.0524. The third kappa shape index (κ3) is 9.17. The number of nitrogens with one attached hydrogen (secondary N) is 2. The highest BCUT2D eigenvalue weighted by Crippen LogP contribution is 2.33. The van der Waals surface area contributed by atoms with Gasteiger partial charge in [0, 0.05) is 31.2 Å². The highest BCUT2D eigenvalue weighted by molar-refractivity contribution is 5.86. The molecule has 17 heteroatoms. The normalized spacial score (nSPS) is 40.0. The minimum atomic E-state index is -1.62. The van der Waals surface area contributed by atoms with Crippen molar-refractivity contribution in [3.8, 4) is 0 Å². The first-order chi connectivity index (χ1) is 22.6. The monoisotopic (exact) mass is 689 g/mol. The summed E-state index contributed by atoms with van der Waals surface area (Å²) in [5, 5.41) is 59.5. The molecule has 1 amide bonds. The van der Waals surface area contributed by atoms with Crippen LogP contribution in [0.3, 0.4) is 0 Å². The van der Waals surface area contributed by atoms with E-state index >= 15 is 0 Å². The van der Waals surface area contributed by atoms with Crippen molar-refractivity contribution in [1.29, 1.82) is 0 Å². The molecule has 0 bridgehead atoms. The standard InChI is InChI=1S/C31H51N3O14/c1-12(2)15(6)33-22-25(40)26(18(10-36)45-30(22)42-8)47-29-20(32)24(39)27(19(46-29)11-43-28(41)13(3)4)48-31-21(34-16(7)37)23(38)14(5)17(9-35)44-31/h14,17-27,29-31,33,35-36,38-40H,1,3,6,9-11,32H2,2,4-5,7-8H3,(H,34,37). The summed E-state index contributed by atoms with van der Waals surface area (Å²) in [5.74, 6) is -1.90. The molecule has 0 aromatic heterocycles. The molecule has 3 fully saturated rings. The molecule has 3 heterocycles. The molecular weight excluding hydrogens is 638 g/mol. The molecule has 0 radical (unpaired) electrons. The second-order valence-electron chi connectivity index (χ2n) is 12.4. The number of amides is 1. The second-order valence-corrected chi connectivity index (χ2v) is 12.4. The average molecular weight is 690 g/mol. The van der Waals surface area contributed by atoms with Crippen LogP contribution in [0.5, 0.6) is 0 Å². The number of aliphatic hydroxyl groups is 5. The van der Waals surface area contributed by atoms with E-state index in [1.165, 1.54) is 21.0 Å². The predicted molar refractivity (Wildman–Crippen MR) is 166 cm³/mol. The van der Waals surface area contributed by atoms with Gasteiger partial charge in [-0.1, -0.05) is 26.7 Å². The van der Waals surface area contributed by atoms with Gasteiger partial charge < -0.3 is 75.1 Å². The molecule has 0 aliphatic carbocycles. The summed E-state index contributed by atoms with van der Waals surface area (Å²) in [7, 11) is 1.35. The Morgan fingerprint density at radius 2 is 1.31 bits per heavy atom. The molecule has 3 aliphatic heterocycles. The van der Waals surface area contributed by atoms with Crippen molar-refractivity contribution in [1.82, 2.24) is 10.6 Å². The molecule has 15 atom stereocenters. The Hall–Kier alpha value is -2.52. The maximum atomic E-state index is 12.3. The number of ether oxygens (including phenoxy) is 7. The van der Waals surface area contributed by atoms with Gasteiger partial charge in [0.25, 0.3) is 0 Å². The van der Waals surface area contributed by atoms with Gasteiger partial charge in [0.05, 0.1) is 31.5 Å². The number of aliphatic hydroxyl groups excluding tert-OH is 5. The lowest BCUT2D eigenvalue weighted by molar-refractivity contribution is -0.348. The first kappa shape index (κ1) is 39.9. The van der Waals surface area contributed by atoms with Gasteiger partial charge in [0.15, 0.2) is 18.9 Å². The molecular formula is C31H51N3O14. The van der Waals surface area contributed by atoms with Gasteiger partial charge in [-0.05, 0) is 19.4 Å². The molecule has 3 aliphatic rings. The van der Waals surface area contributed by atoms with Crippen LogP contribution >= 0.6 is 0 Å². The summed E-state index contributed by atoms with van der Waals surface area (Å²) >= 11 is 0. The smallest absolute Gasteiger partial charge is 0.333 e. The number of carbonyl (C=O) groups excluding carboxylic acids is 2. The summed E-state index contributed by atoms with van der Waals surface area (Å²) in [6.45, 7) is 15.6. The van der Waals surface area contributed by atoms with Gasteiger partial charge in [-0.15, -0.1) is 0 Å². The van der Waals surface area contributed by atoms with E-state index < -0.39 is 123 Å². The van der Waals surface area contributed by atoms with Crippen LogP contribution in [0.1, 0.15) is 27.7 Å². The van der Waals surface area contributed by atoms with E-state index in [1.807, 2.05) is 0 Å². The lowest BCUT2D eigenvalue weighted by Gasteiger charge is -2.49. The van der Waals surface area contributed by atoms with Crippen LogP contribution < -0.4 is 16.4 Å². The zero-order valence-corrected chi connectivity index (χ0v) is 27.9. The minimum absolute atomic E-state index is 0.0772. The number of rotatable bonds is 14. The number of methoxy groups -OCH3 is 1. The lowest BCUT2D eigenvalue weighted by Crippen LogP contribution is -2.69. The largest absolute Gasteiger partial charge is 0.459 e. The molecule has 48 heavy (non-hydrogen) atoms. The summed E-state index contributed by atoms with van der Waals surface area (Å²) in [6, 6.07) is -3.47. The van der Waals surface area contributed by atoms with Crippen LogP contribution in [0.25, 0.3) is 0 Å². The summed E-state index contributed by atoms with van der Waals surface area (Å²) in [6.07, 6.45) is -14.3. The second kappa shape index (κ2) is 17.4. The maximum absolute atomic E-state index is 12.3. The molecule has 274 valence electrons. The van der Waals surface area contributed by atoms with E-state index in [1.54, 1.807) is 13.8 Å². The van der Waals surface area contributed by atoms with Gasteiger partial charge >= 0.3 is 5.97 Å². The molecule has 17 nitrogen and oxygen atoms in total. The number of allylic oxidation sites excluding steroid dienone is 1. The van der Waals surface area contributed by atoms with Gasteiger partial charge in [0.1, 0.15) is 55.3 Å². The van der Waals surface area contributed by atoms with Crippen molar-refractivity contribution in [2.75, 3.05) is 26.9 Å². The first-order valence-electron chi connectivity index (χ1n) is 15.6. The van der Waals surface area contributed by atoms with E-state index in [0.717, 1.165) is 0 Å². The van der Waals surface area contributed by atoms with Gasteiger partial charge in [-0.3, -0.25) is 4.79 Å². The Balaban J connectivity index is 1.91. The summed E-state index contributed by atoms with van der Waals surface area (Å²) in [5.41, 5.74) is 7.45. The Morgan fingerprint density at radius 3 is 1.85 bits per heavy atom. The molecule has 0 aromatic carbocycles. The van der Waals surface area contributed by atoms with E-state index in [9.17, 15) is 35.1 Å². The fourth-order valence-electron chi connectivity index (χ4n) is 5.67. The van der Waals surface area contributed by atoms with Crippen molar-refractivity contribution >= 4 is 11.9 Å². The summed E-state index contributed by atoms with van der Waals surface area (Å²) in [4.78, 5) is 24.3. The molecule has 3 saturated heterocycles. The van der Waals surface area contributed by atoms with Crippen molar-refractivity contribution < 1.29 is 68.3 Å². The number of esters is 1. The van der Waals surface area contributed by atoms with E-state index in [0.29, 0.717) is 11.3 Å². The average Bonchev–Trinajstić information content (AvgIpc) is 3.04. The minimum Gasteiger partial charge on any atom is -0.459 e. The fourth-order valence-corrected chi connectivity index (χ4v) is 5.67. The Bertz CT molecular complexity index is 1160. The molecule has 0 saturated carbocycles. The van der Waals surface area contributed by atoms with Crippen molar-refractivity contribution in [3.05, 3.63) is 36.6 Å². The van der Waals surface area contributed by atoms with E-state index in [4.69, 9.17) is 38.9 Å². The predicted octanol–water partition coefficient (Wildman–Crippen LogP) is -2.72. The van der Waals surface area contributed by atoms with Gasteiger partial charge in [-0.25, -0.2) is 4.79 Å². The van der Waals surface area contributed by atoms with E-state index in [-0.39, 0.29) is 5.57 Å². The van der Waals surface area contributed by atoms with Crippen molar-refractivity contribution in [2.24, 2.45) is 11.7 Å². The van der Waals surface area contributed by atoms with E-state index in [2.05, 4.69) is 30.4 Å². The highest BCUT2D eigenvalue weighted by Gasteiger charge is 2.53. The first-order valence-corrected chi connectivity index (χ1v) is 15.6. The van der Waals surface area contributed by atoms with Crippen LogP contribution in [-0.2, 0) is 42.7 Å². The number of carbonyl (C=O) groups is 2. The molecule has 3 rings (SSSR count). The molecule has 9 N–H and O–H groups in total. The van der Waals surface area contributed by atoms with Crippen molar-refractivity contribution in [3.63, 3.8) is 0 Å². The Labute approximate surface area is 279 Å². The van der Waals surface area contributed by atoms with Crippen LogP contribution in [0, 0.1) is 5.92 Å². The van der Waals surface area contributed by atoms with Gasteiger partial charge in [0.2, 0.25) is 5.91 Å². The third-order valence-electron chi connectivity index (χ3n) is 8.62. The van der Waals surface area contributed by atoms with Crippen molar-refractivity contribution in [2.45, 2.75) is 114 Å². The van der Waals surface area contributed by atoms with Gasteiger partial charge in [-0.2, -0.15) is 0 Å². The Kier molecular flexibility index (Phi) is 14.5. The number of hydrogen-bond acceptors (Lipinski definition) is 16. The van der Waals surface area contributed by atoms with Crippen LogP contribution in [0.4, 0.5) is 0 Å². The number of nitrogens with two attached hydrogens (primary N) is 1. The fraction of sp³-hybridized carbons (Fsp3) is 0.742. The molecule has 15 unspecified atom stereocenters. The zero-order chi connectivity index (χ0) is 36.0. The zero-order valence-electron chi connectivity index (χ0n) is 27.9. The SMILES string of the molecule is C=C(C)C(=C)NC1C(OC)OC(CO)C(OC2OC(COC(=O)C(=C)C)C(OC3OC(CO)C(C)C(O)C3NC(C)=O)C(O)C2N)C1O. The number of hydrogen-bond donors (Lipinski definition) is 8. The highest BCUT2D eigenvalue weighted by atomic mass is 16.7. The summed E-state index contributed by atoms with van der Waals surface area (Å²) < 4.78 is 40.7. The van der Waals surface area contributed by atoms with Crippen LogP contribution in [0.15, 0.2) is 36.6 Å². The molecule has 0 spiro atoms. The van der Waals surface area contributed by atoms with Crippen LogP contribution in [-0.4, -0.2) is 150 Å². The topological polar surface area (TPSA) is 250 Å². The molecule has 0 aromatic rings. The lowest BCUT2D eigenvalue weighted by atomic mass is 9.89. The van der Waals surface area contributed by atoms with Crippen LogP contribution in [0.2, 0.25) is 0 Å². The maximum Gasteiger partial charge on any atom is 0.333 e.